The van der Waals surface area contributed by atoms with Gasteiger partial charge in [-0.05, 0) is 25.2 Å². The number of benzene rings is 1. The summed E-state index contributed by atoms with van der Waals surface area (Å²) in [5.41, 5.74) is 12.8. The summed E-state index contributed by atoms with van der Waals surface area (Å²) in [6.07, 6.45) is 0. The smallest absolute Gasteiger partial charge is 0.251 e. The lowest BCUT2D eigenvalue weighted by atomic mass is 10.1. The van der Waals surface area contributed by atoms with E-state index >= 15 is 0 Å². The summed E-state index contributed by atoms with van der Waals surface area (Å²) in [5.74, 6) is -0.167. The summed E-state index contributed by atoms with van der Waals surface area (Å²) in [4.78, 5) is 14.0. The average molecular weight is 266 g/mol. The molecule has 0 unspecified atom stereocenters. The summed E-state index contributed by atoms with van der Waals surface area (Å²) in [6.45, 7) is 2.83. The van der Waals surface area contributed by atoms with Crippen molar-refractivity contribution in [3.05, 3.63) is 23.8 Å². The van der Waals surface area contributed by atoms with Crippen LogP contribution in [-0.2, 0) is 4.74 Å². The van der Waals surface area contributed by atoms with Gasteiger partial charge >= 0.3 is 0 Å². The van der Waals surface area contributed by atoms with Gasteiger partial charge in [0, 0.05) is 43.7 Å². The molecule has 0 heterocycles. The number of likely N-dealkylation sites (N-methyl/N-ethyl adjacent to an activating group) is 1. The van der Waals surface area contributed by atoms with E-state index in [9.17, 15) is 4.79 Å². The Bertz CT molecular complexity index is 403. The van der Waals surface area contributed by atoms with Gasteiger partial charge in [0.15, 0.2) is 0 Å². The first-order chi connectivity index (χ1) is 9.02. The molecule has 0 aliphatic heterocycles. The second-order valence-electron chi connectivity index (χ2n) is 4.44. The number of nitrogens with two attached hydrogens (primary N) is 2. The van der Waals surface area contributed by atoms with E-state index in [2.05, 4.69) is 10.2 Å². The summed E-state index contributed by atoms with van der Waals surface area (Å²) in [5, 5.41) is 2.83. The minimum absolute atomic E-state index is 0.167. The van der Waals surface area contributed by atoms with E-state index in [1.165, 1.54) is 0 Å². The second-order valence-corrected chi connectivity index (χ2v) is 4.44. The standard InChI is InChI=1S/C13H22N4O2/c1-17(5-6-19-2)4-3-16-13(18)10-7-11(14)9-12(15)8-10/h7-9H,3-6,14-15H2,1-2H3,(H,16,18). The third-order valence-electron chi connectivity index (χ3n) is 2.70. The van der Waals surface area contributed by atoms with Gasteiger partial charge in [-0.25, -0.2) is 0 Å². The van der Waals surface area contributed by atoms with Gasteiger partial charge < -0.3 is 26.4 Å². The maximum atomic E-state index is 11.9. The van der Waals surface area contributed by atoms with Crippen LogP contribution >= 0.6 is 0 Å². The Morgan fingerprint density at radius 1 is 1.26 bits per heavy atom. The number of rotatable bonds is 7. The Morgan fingerprint density at radius 3 is 2.47 bits per heavy atom. The lowest BCUT2D eigenvalue weighted by Gasteiger charge is -2.16. The van der Waals surface area contributed by atoms with Crippen molar-refractivity contribution in [3.8, 4) is 0 Å². The molecule has 0 aromatic heterocycles. The van der Waals surface area contributed by atoms with Crippen LogP contribution in [0.1, 0.15) is 10.4 Å². The zero-order chi connectivity index (χ0) is 14.3. The van der Waals surface area contributed by atoms with Crippen LogP contribution in [0.2, 0.25) is 0 Å². The van der Waals surface area contributed by atoms with Crippen LogP contribution in [0.25, 0.3) is 0 Å². The molecule has 1 aromatic carbocycles. The zero-order valence-corrected chi connectivity index (χ0v) is 11.5. The molecular formula is C13H22N4O2. The zero-order valence-electron chi connectivity index (χ0n) is 11.5. The van der Waals surface area contributed by atoms with Gasteiger partial charge in [-0.3, -0.25) is 4.79 Å². The molecule has 19 heavy (non-hydrogen) atoms. The second kappa shape index (κ2) is 7.60. The normalized spacial score (nSPS) is 10.7. The predicted molar refractivity (Wildman–Crippen MR) is 77.0 cm³/mol. The summed E-state index contributed by atoms with van der Waals surface area (Å²) in [6, 6.07) is 4.84. The first-order valence-electron chi connectivity index (χ1n) is 6.14. The minimum Gasteiger partial charge on any atom is -0.399 e. The number of hydrogen-bond acceptors (Lipinski definition) is 5. The van der Waals surface area contributed by atoms with Crippen molar-refractivity contribution >= 4 is 17.3 Å². The average Bonchev–Trinajstić information content (AvgIpc) is 2.35. The van der Waals surface area contributed by atoms with E-state index in [1.54, 1.807) is 25.3 Å². The van der Waals surface area contributed by atoms with Crippen LogP contribution in [0, 0.1) is 0 Å². The molecule has 0 aliphatic rings. The van der Waals surface area contributed by atoms with Crippen LogP contribution in [0.4, 0.5) is 11.4 Å². The largest absolute Gasteiger partial charge is 0.399 e. The quantitative estimate of drug-likeness (QED) is 0.611. The molecule has 0 saturated heterocycles. The van der Waals surface area contributed by atoms with Crippen LogP contribution in [0.5, 0.6) is 0 Å². The molecule has 1 amide bonds. The molecule has 6 heteroatoms. The molecule has 0 bridgehead atoms. The fraction of sp³-hybridized carbons (Fsp3) is 0.462. The molecule has 0 spiro atoms. The molecular weight excluding hydrogens is 244 g/mol. The number of amides is 1. The Kier molecular flexibility index (Phi) is 6.11. The van der Waals surface area contributed by atoms with Crippen LogP contribution in [0.15, 0.2) is 18.2 Å². The minimum atomic E-state index is -0.167. The van der Waals surface area contributed by atoms with Crippen molar-refractivity contribution < 1.29 is 9.53 Å². The van der Waals surface area contributed by atoms with Crippen LogP contribution in [0.3, 0.4) is 0 Å². The summed E-state index contributed by atoms with van der Waals surface area (Å²) in [7, 11) is 3.64. The summed E-state index contributed by atoms with van der Waals surface area (Å²) >= 11 is 0. The Hall–Kier alpha value is -1.79. The monoisotopic (exact) mass is 266 g/mol. The van der Waals surface area contributed by atoms with E-state index in [4.69, 9.17) is 16.2 Å². The maximum absolute atomic E-state index is 11.9. The van der Waals surface area contributed by atoms with Gasteiger partial charge in [-0.2, -0.15) is 0 Å². The SMILES string of the molecule is COCCN(C)CCNC(=O)c1cc(N)cc(N)c1. The van der Waals surface area contributed by atoms with Gasteiger partial charge in [0.25, 0.3) is 5.91 Å². The maximum Gasteiger partial charge on any atom is 0.251 e. The van der Waals surface area contributed by atoms with E-state index in [-0.39, 0.29) is 5.91 Å². The van der Waals surface area contributed by atoms with E-state index in [1.807, 2.05) is 7.05 Å². The number of nitrogens with one attached hydrogen (secondary N) is 1. The van der Waals surface area contributed by atoms with Crippen molar-refractivity contribution in [2.24, 2.45) is 0 Å². The van der Waals surface area contributed by atoms with Gasteiger partial charge in [0.05, 0.1) is 6.61 Å². The molecule has 0 radical (unpaired) electrons. The van der Waals surface area contributed by atoms with Crippen molar-refractivity contribution in [2.75, 3.05) is 51.9 Å². The number of ether oxygens (including phenoxy) is 1. The highest BCUT2D eigenvalue weighted by atomic mass is 16.5. The molecule has 0 fully saturated rings. The van der Waals surface area contributed by atoms with Crippen molar-refractivity contribution in [1.29, 1.82) is 0 Å². The molecule has 106 valence electrons. The topological polar surface area (TPSA) is 93.6 Å². The van der Waals surface area contributed by atoms with Crippen molar-refractivity contribution in [2.45, 2.75) is 0 Å². The molecule has 6 nitrogen and oxygen atoms in total. The van der Waals surface area contributed by atoms with Crippen LogP contribution < -0.4 is 16.8 Å². The third-order valence-corrected chi connectivity index (χ3v) is 2.70. The number of nitrogen functional groups attached to an aromatic ring is 2. The lowest BCUT2D eigenvalue weighted by Crippen LogP contribution is -2.34. The van der Waals surface area contributed by atoms with Crippen molar-refractivity contribution in [3.63, 3.8) is 0 Å². The van der Waals surface area contributed by atoms with Gasteiger partial charge in [-0.15, -0.1) is 0 Å². The van der Waals surface area contributed by atoms with E-state index in [0.29, 0.717) is 30.1 Å². The highest BCUT2D eigenvalue weighted by Crippen LogP contribution is 2.13. The lowest BCUT2D eigenvalue weighted by molar-refractivity contribution is 0.0947. The highest BCUT2D eigenvalue weighted by molar-refractivity contribution is 5.96. The molecule has 0 atom stereocenters. The van der Waals surface area contributed by atoms with E-state index in [0.717, 1.165) is 13.1 Å². The fourth-order valence-electron chi connectivity index (χ4n) is 1.63. The molecule has 1 rings (SSSR count). The number of hydrogen-bond donors (Lipinski definition) is 3. The van der Waals surface area contributed by atoms with Gasteiger partial charge in [0.2, 0.25) is 0 Å². The Balaban J connectivity index is 2.39. The Labute approximate surface area is 113 Å². The number of carbonyl (C=O) groups is 1. The molecule has 0 aliphatic carbocycles. The Morgan fingerprint density at radius 2 is 1.89 bits per heavy atom. The van der Waals surface area contributed by atoms with E-state index < -0.39 is 0 Å². The molecule has 1 aromatic rings. The first-order valence-corrected chi connectivity index (χ1v) is 6.14. The van der Waals surface area contributed by atoms with Gasteiger partial charge in [-0.1, -0.05) is 0 Å². The van der Waals surface area contributed by atoms with Gasteiger partial charge in [0.1, 0.15) is 0 Å². The number of nitrogens with zero attached hydrogens (tertiary/aromatic N) is 1. The number of methoxy groups -OCH3 is 1. The fourth-order valence-corrected chi connectivity index (χ4v) is 1.63. The third kappa shape index (κ3) is 5.58. The van der Waals surface area contributed by atoms with Crippen LogP contribution in [-0.4, -0.2) is 51.2 Å². The first kappa shape index (κ1) is 15.3. The molecule has 0 saturated carbocycles. The number of anilines is 2. The predicted octanol–water partition coefficient (Wildman–Crippen LogP) is 0.159. The number of carbonyl (C=O) groups excluding carboxylic acids is 1. The van der Waals surface area contributed by atoms with Crippen molar-refractivity contribution in [1.82, 2.24) is 10.2 Å². The highest BCUT2D eigenvalue weighted by Gasteiger charge is 2.07. The summed E-state index contributed by atoms with van der Waals surface area (Å²) < 4.78 is 4.98. The molecule has 5 N–H and O–H groups in total.